The van der Waals surface area contributed by atoms with Gasteiger partial charge in [-0.3, -0.25) is 0 Å². The summed E-state index contributed by atoms with van der Waals surface area (Å²) in [4.78, 5) is 0. The molecular weight excluding hydrogens is 1020 g/mol. The molecule has 79 heavy (non-hydrogen) atoms. The van der Waals surface area contributed by atoms with Crippen molar-refractivity contribution in [3.63, 3.8) is 0 Å². The molecule has 0 N–H and O–H groups in total. The van der Waals surface area contributed by atoms with Crippen molar-refractivity contribution >= 4 is 7.32 Å². The quantitative estimate of drug-likeness (QED) is 0.0530. The second kappa shape index (κ2) is 24.1. The third-order valence-electron chi connectivity index (χ3n) is 15.0. The molecule has 0 amide bonds. The van der Waals surface area contributed by atoms with Crippen LogP contribution >= 0.6 is 0 Å². The van der Waals surface area contributed by atoms with Crippen LogP contribution in [-0.4, -0.2) is 7.32 Å². The Morgan fingerprint density at radius 2 is 0.392 bits per heavy atom. The maximum Gasteiger partial charge on any atom is 0.642 e. The van der Waals surface area contributed by atoms with Gasteiger partial charge in [0.05, 0.1) is 0 Å². The molecule has 3 nitrogen and oxygen atoms in total. The molecule has 3 unspecified atom stereocenters. The van der Waals surface area contributed by atoms with E-state index in [1.54, 1.807) is 36.4 Å². The van der Waals surface area contributed by atoms with Crippen molar-refractivity contribution in [1.29, 1.82) is 0 Å². The number of benzene rings is 9. The topological polar surface area (TPSA) is 27.7 Å². The fraction of sp³-hybridized carbons (Fsp3) is 0.182. The Morgan fingerprint density at radius 1 is 0.253 bits per heavy atom. The summed E-state index contributed by atoms with van der Waals surface area (Å²) in [5.41, 5.74) is -2.87. The summed E-state index contributed by atoms with van der Waals surface area (Å²) >= 11 is 0. The van der Waals surface area contributed by atoms with Crippen LogP contribution < -0.4 is 0 Å². The van der Waals surface area contributed by atoms with Crippen molar-refractivity contribution in [1.82, 2.24) is 0 Å². The lowest BCUT2D eigenvalue weighted by Gasteiger charge is -2.50. The van der Waals surface area contributed by atoms with Crippen molar-refractivity contribution in [2.75, 3.05) is 0 Å². The van der Waals surface area contributed by atoms with Crippen LogP contribution in [0, 0.1) is 52.4 Å². The minimum atomic E-state index is -2.17. The van der Waals surface area contributed by atoms with Gasteiger partial charge in [-0.2, -0.15) is 0 Å². The van der Waals surface area contributed by atoms with Gasteiger partial charge in [-0.1, -0.05) is 130 Å². The van der Waals surface area contributed by atoms with E-state index in [9.17, 15) is 0 Å². The fourth-order valence-electron chi connectivity index (χ4n) is 11.4. The third-order valence-corrected chi connectivity index (χ3v) is 15.0. The third kappa shape index (κ3) is 11.4. The zero-order chi connectivity index (χ0) is 55.9. The summed E-state index contributed by atoms with van der Waals surface area (Å²) in [6.07, 6.45) is 0.570. The molecule has 0 bridgehead atoms. The lowest BCUT2D eigenvalue weighted by molar-refractivity contribution is -0.0880. The highest BCUT2D eigenvalue weighted by Crippen LogP contribution is 2.55. The molecule has 9 aromatic rings. The van der Waals surface area contributed by atoms with E-state index in [0.717, 1.165) is 0 Å². The van der Waals surface area contributed by atoms with E-state index in [0.29, 0.717) is 16.7 Å². The van der Waals surface area contributed by atoms with Crippen molar-refractivity contribution in [3.05, 3.63) is 321 Å². The second-order valence-corrected chi connectivity index (χ2v) is 19.4. The average molecular weight is 1080 g/mol. The molecule has 0 aliphatic carbocycles. The van der Waals surface area contributed by atoms with Crippen LogP contribution in [0.4, 0.5) is 39.5 Å². The van der Waals surface area contributed by atoms with Gasteiger partial charge in [0.15, 0.2) is 0 Å². The molecule has 0 aromatic heterocycles. The van der Waals surface area contributed by atoms with Crippen LogP contribution in [-0.2, 0) is 30.8 Å². The van der Waals surface area contributed by atoms with E-state index in [1.165, 1.54) is 182 Å². The molecule has 9 aromatic carbocycles. The summed E-state index contributed by atoms with van der Waals surface area (Å²) in [5, 5.41) is 0. The first kappa shape index (κ1) is 56.0. The second-order valence-electron chi connectivity index (χ2n) is 19.4. The van der Waals surface area contributed by atoms with Gasteiger partial charge in [0.25, 0.3) is 0 Å². The van der Waals surface area contributed by atoms with Gasteiger partial charge in [-0.05, 0) is 179 Å². The monoisotopic (exact) mass is 1080 g/mol. The lowest BCUT2D eigenvalue weighted by atomic mass is 9.68. The minimum Gasteiger partial charge on any atom is -0.371 e. The maximum absolute atomic E-state index is 15.4. The molecule has 0 spiro atoms. The molecule has 0 fully saturated rings. The highest BCUT2D eigenvalue weighted by atomic mass is 19.2. The summed E-state index contributed by atoms with van der Waals surface area (Å²) in [6.45, 7) is 5.55. The summed E-state index contributed by atoms with van der Waals surface area (Å²) in [6, 6.07) is 49.5. The Hall–Kier alpha value is -7.71. The van der Waals surface area contributed by atoms with Gasteiger partial charge in [0.1, 0.15) is 69.2 Å². The van der Waals surface area contributed by atoms with Crippen LogP contribution in [0.15, 0.2) is 218 Å². The largest absolute Gasteiger partial charge is 0.642 e. The van der Waals surface area contributed by atoms with Crippen molar-refractivity contribution in [2.24, 2.45) is 0 Å². The number of halogens is 9. The molecule has 0 aliphatic rings. The van der Waals surface area contributed by atoms with Gasteiger partial charge in [0.2, 0.25) is 0 Å². The van der Waals surface area contributed by atoms with Gasteiger partial charge >= 0.3 is 7.32 Å². The zero-order valence-corrected chi connectivity index (χ0v) is 43.3. The molecule has 0 heterocycles. The molecule has 0 saturated carbocycles. The first-order valence-corrected chi connectivity index (χ1v) is 26.0. The lowest BCUT2D eigenvalue weighted by Crippen LogP contribution is -2.54. The van der Waals surface area contributed by atoms with E-state index in [-0.39, 0.29) is 52.6 Å². The molecule has 0 saturated heterocycles. The molecule has 3 atom stereocenters. The molecule has 0 aliphatic heterocycles. The van der Waals surface area contributed by atoms with Crippen LogP contribution in [0.2, 0.25) is 0 Å². The van der Waals surface area contributed by atoms with E-state index >= 15 is 39.5 Å². The van der Waals surface area contributed by atoms with Crippen LogP contribution in [0.25, 0.3) is 0 Å². The van der Waals surface area contributed by atoms with Crippen LogP contribution in [0.5, 0.6) is 0 Å². The smallest absolute Gasteiger partial charge is 0.371 e. The van der Waals surface area contributed by atoms with Gasteiger partial charge < -0.3 is 14.0 Å². The Kier molecular flexibility index (Phi) is 17.1. The minimum absolute atomic E-state index is 0.190. The van der Waals surface area contributed by atoms with Gasteiger partial charge in [0, 0.05) is 17.8 Å². The van der Waals surface area contributed by atoms with Gasteiger partial charge in [-0.25, -0.2) is 39.5 Å². The standard InChI is InChI=1S/C66H54BF9O3/c1-4-61(43-7-25-52(68)26-8-43)64(46-13-31-55(71)32-14-46,47-15-33-56(72)34-16-47)77-67(78-65(48-17-35-57(73)36-18-48,49-19-37-58(74)38-20-49)62(5-2)44-9-27-53(69)28-10-44)79-66(50-21-39-59(75)40-22-50,51-23-41-60(76)42-24-51)63(6-3)45-11-29-54(70)30-12-45/h7-42,61-63H,4-6H2,1-3H3. The number of rotatable bonds is 21. The summed E-state index contributed by atoms with van der Waals surface area (Å²) in [7, 11) is -2.17. The van der Waals surface area contributed by atoms with Crippen molar-refractivity contribution in [3.8, 4) is 0 Å². The molecule has 13 heteroatoms. The maximum atomic E-state index is 15.4. The van der Waals surface area contributed by atoms with Crippen molar-refractivity contribution in [2.45, 2.75) is 74.6 Å². The molecular formula is C66H54BF9O3. The normalized spacial score (nSPS) is 13.2. The molecule has 402 valence electrons. The Bertz CT molecular complexity index is 2900. The SMILES string of the molecule is CCC(c1ccc(F)cc1)C(OB(OC(c1ccc(F)cc1)(c1ccc(F)cc1)C(CC)c1ccc(F)cc1)OC(c1ccc(F)cc1)(c1ccc(F)cc1)C(CC)c1ccc(F)cc1)(c1ccc(F)cc1)c1ccc(F)cc1. The summed E-state index contributed by atoms with van der Waals surface area (Å²) in [5.74, 6) is -8.15. The first-order valence-electron chi connectivity index (χ1n) is 26.0. The van der Waals surface area contributed by atoms with Crippen LogP contribution in [0.1, 0.15) is 108 Å². The van der Waals surface area contributed by atoms with Crippen molar-refractivity contribution < 1.29 is 53.5 Å². The highest BCUT2D eigenvalue weighted by Gasteiger charge is 2.57. The number of hydrogen-bond acceptors (Lipinski definition) is 3. The first-order chi connectivity index (χ1) is 38.1. The predicted molar refractivity (Wildman–Crippen MR) is 288 cm³/mol. The molecule has 9 rings (SSSR count). The predicted octanol–water partition coefficient (Wildman–Crippen LogP) is 17.7. The van der Waals surface area contributed by atoms with E-state index in [2.05, 4.69) is 0 Å². The fourth-order valence-corrected chi connectivity index (χ4v) is 11.4. The Labute approximate surface area is 454 Å². The van der Waals surface area contributed by atoms with E-state index < -0.39 is 94.2 Å². The van der Waals surface area contributed by atoms with E-state index in [4.69, 9.17) is 14.0 Å². The van der Waals surface area contributed by atoms with Gasteiger partial charge in [-0.15, -0.1) is 0 Å². The van der Waals surface area contributed by atoms with Crippen LogP contribution in [0.3, 0.4) is 0 Å². The Balaban J connectivity index is 1.47. The zero-order valence-electron chi connectivity index (χ0n) is 43.3. The average Bonchev–Trinajstić information content (AvgIpc) is 3.61. The van der Waals surface area contributed by atoms with E-state index in [1.807, 2.05) is 20.8 Å². The molecule has 0 radical (unpaired) electrons. The highest BCUT2D eigenvalue weighted by molar-refractivity contribution is 6.37. The summed E-state index contributed by atoms with van der Waals surface area (Å²) < 4.78 is 162. The Morgan fingerprint density at radius 3 is 0.532 bits per heavy atom. The number of hydrogen-bond donors (Lipinski definition) is 0.